The van der Waals surface area contributed by atoms with Crippen LogP contribution in [0, 0.1) is 0 Å². The first-order valence-corrected chi connectivity index (χ1v) is 11.4. The number of carbonyl (C=O) groups excluding carboxylic acids is 1. The molecule has 7 nitrogen and oxygen atoms in total. The van der Waals surface area contributed by atoms with Crippen LogP contribution >= 0.6 is 0 Å². The number of ether oxygens (including phenoxy) is 1. The van der Waals surface area contributed by atoms with Gasteiger partial charge in [0.2, 0.25) is 0 Å². The SMILES string of the molecule is CCNC(=NCCCCCN1CCCCC1)NC1CCN(C(=O)OCC)CC1. The van der Waals surface area contributed by atoms with Crippen molar-refractivity contribution in [1.29, 1.82) is 0 Å². The summed E-state index contributed by atoms with van der Waals surface area (Å²) in [5, 5.41) is 6.90. The quantitative estimate of drug-likeness (QED) is 0.357. The lowest BCUT2D eigenvalue weighted by molar-refractivity contribution is 0.0963. The predicted molar refractivity (Wildman–Crippen MR) is 115 cm³/mol. The summed E-state index contributed by atoms with van der Waals surface area (Å²) in [5.41, 5.74) is 0. The summed E-state index contributed by atoms with van der Waals surface area (Å²) < 4.78 is 5.09. The normalized spacial score (nSPS) is 19.5. The number of aliphatic imine (C=N–C) groups is 1. The second-order valence-corrected chi connectivity index (χ2v) is 7.83. The van der Waals surface area contributed by atoms with Crippen LogP contribution in [0.5, 0.6) is 0 Å². The number of nitrogens with zero attached hydrogens (tertiary/aromatic N) is 3. The fraction of sp³-hybridized carbons (Fsp3) is 0.905. The Bertz CT molecular complexity index is 458. The van der Waals surface area contributed by atoms with Gasteiger partial charge in [0.05, 0.1) is 6.61 Å². The van der Waals surface area contributed by atoms with Gasteiger partial charge in [-0.15, -0.1) is 0 Å². The van der Waals surface area contributed by atoms with Crippen LogP contribution in [0.4, 0.5) is 4.79 Å². The highest BCUT2D eigenvalue weighted by molar-refractivity contribution is 5.80. The zero-order valence-electron chi connectivity index (χ0n) is 18.0. The zero-order valence-corrected chi connectivity index (χ0v) is 18.0. The van der Waals surface area contributed by atoms with E-state index in [1.54, 1.807) is 4.90 Å². The van der Waals surface area contributed by atoms with Crippen LogP contribution in [0.25, 0.3) is 0 Å². The van der Waals surface area contributed by atoms with E-state index in [2.05, 4.69) is 22.5 Å². The highest BCUT2D eigenvalue weighted by Gasteiger charge is 2.24. The first kappa shape index (κ1) is 22.8. The summed E-state index contributed by atoms with van der Waals surface area (Å²) in [6.07, 6.45) is 9.51. The third kappa shape index (κ3) is 8.67. The van der Waals surface area contributed by atoms with Crippen molar-refractivity contribution in [3.63, 3.8) is 0 Å². The molecule has 0 radical (unpaired) electrons. The van der Waals surface area contributed by atoms with E-state index < -0.39 is 0 Å². The molecule has 2 aliphatic heterocycles. The van der Waals surface area contributed by atoms with Crippen LogP contribution in [-0.4, -0.2) is 80.3 Å². The number of likely N-dealkylation sites (tertiary alicyclic amines) is 2. The standard InChI is InChI=1S/C21H41N5O2/c1-3-22-20(23-13-7-5-8-14-25-15-9-6-10-16-25)24-19-11-17-26(18-12-19)21(27)28-4-2/h19H,3-18H2,1-2H3,(H2,22,23,24). The molecule has 2 heterocycles. The first-order valence-electron chi connectivity index (χ1n) is 11.4. The van der Waals surface area contributed by atoms with Crippen molar-refractivity contribution < 1.29 is 9.53 Å². The van der Waals surface area contributed by atoms with Gasteiger partial charge in [-0.05, 0) is 72.0 Å². The lowest BCUT2D eigenvalue weighted by Crippen LogP contribution is -2.49. The number of nitrogens with one attached hydrogen (secondary N) is 2. The number of piperidine rings is 2. The van der Waals surface area contributed by atoms with Crippen molar-refractivity contribution >= 4 is 12.1 Å². The topological polar surface area (TPSA) is 69.2 Å². The van der Waals surface area contributed by atoms with Crippen LogP contribution in [-0.2, 0) is 4.74 Å². The van der Waals surface area contributed by atoms with Crippen molar-refractivity contribution in [1.82, 2.24) is 20.4 Å². The highest BCUT2D eigenvalue weighted by atomic mass is 16.6. The van der Waals surface area contributed by atoms with Gasteiger partial charge in [-0.3, -0.25) is 4.99 Å². The monoisotopic (exact) mass is 395 g/mol. The van der Waals surface area contributed by atoms with Gasteiger partial charge in [-0.25, -0.2) is 4.79 Å². The minimum atomic E-state index is -0.189. The lowest BCUT2D eigenvalue weighted by Gasteiger charge is -2.32. The molecule has 0 aromatic heterocycles. The molecule has 7 heteroatoms. The molecule has 0 unspecified atom stereocenters. The Kier molecular flexibility index (Phi) is 11.1. The van der Waals surface area contributed by atoms with Crippen molar-refractivity contribution in [3.8, 4) is 0 Å². The summed E-state index contributed by atoms with van der Waals surface area (Å²) in [4.78, 5) is 21.0. The smallest absolute Gasteiger partial charge is 0.409 e. The van der Waals surface area contributed by atoms with Crippen molar-refractivity contribution in [3.05, 3.63) is 0 Å². The molecular weight excluding hydrogens is 354 g/mol. The van der Waals surface area contributed by atoms with Crippen molar-refractivity contribution in [2.75, 3.05) is 52.4 Å². The average Bonchev–Trinajstić information content (AvgIpc) is 2.72. The molecule has 0 atom stereocenters. The number of unbranched alkanes of at least 4 members (excludes halogenated alkanes) is 2. The minimum Gasteiger partial charge on any atom is -0.450 e. The number of hydrogen-bond donors (Lipinski definition) is 2. The molecule has 2 N–H and O–H groups in total. The Labute approximate surface area is 171 Å². The third-order valence-corrected chi connectivity index (χ3v) is 5.56. The number of guanidine groups is 1. The molecule has 2 aliphatic rings. The molecule has 0 bridgehead atoms. The van der Waals surface area contributed by atoms with Gasteiger partial charge < -0.3 is 25.2 Å². The Hall–Kier alpha value is -1.50. The van der Waals surface area contributed by atoms with E-state index in [-0.39, 0.29) is 6.09 Å². The van der Waals surface area contributed by atoms with Gasteiger partial charge in [0, 0.05) is 32.2 Å². The van der Waals surface area contributed by atoms with Crippen LogP contribution in [0.3, 0.4) is 0 Å². The highest BCUT2D eigenvalue weighted by Crippen LogP contribution is 2.12. The largest absolute Gasteiger partial charge is 0.450 e. The summed E-state index contributed by atoms with van der Waals surface area (Å²) in [6.45, 7) is 11.4. The van der Waals surface area contributed by atoms with E-state index >= 15 is 0 Å². The second-order valence-electron chi connectivity index (χ2n) is 7.83. The summed E-state index contributed by atoms with van der Waals surface area (Å²) >= 11 is 0. The Morgan fingerprint density at radius 3 is 2.46 bits per heavy atom. The molecule has 1 amide bonds. The molecule has 2 fully saturated rings. The summed E-state index contributed by atoms with van der Waals surface area (Å²) in [6, 6.07) is 0.363. The van der Waals surface area contributed by atoms with Crippen LogP contribution < -0.4 is 10.6 Å². The molecule has 162 valence electrons. The number of carbonyl (C=O) groups is 1. The van der Waals surface area contributed by atoms with Crippen molar-refractivity contribution in [2.45, 2.75) is 71.3 Å². The lowest BCUT2D eigenvalue weighted by atomic mass is 10.1. The van der Waals surface area contributed by atoms with Crippen LogP contribution in [0.1, 0.15) is 65.2 Å². The van der Waals surface area contributed by atoms with Crippen LogP contribution in [0.15, 0.2) is 4.99 Å². The number of amides is 1. The molecule has 2 saturated heterocycles. The first-order chi connectivity index (χ1) is 13.7. The average molecular weight is 396 g/mol. The van der Waals surface area contributed by atoms with Crippen molar-refractivity contribution in [2.24, 2.45) is 4.99 Å². The molecule has 2 rings (SSSR count). The molecular formula is C21H41N5O2. The van der Waals surface area contributed by atoms with E-state index in [1.165, 1.54) is 51.7 Å². The Balaban J connectivity index is 1.61. The second kappa shape index (κ2) is 13.6. The molecule has 0 aliphatic carbocycles. The number of rotatable bonds is 9. The van der Waals surface area contributed by atoms with Gasteiger partial charge in [-0.2, -0.15) is 0 Å². The minimum absolute atomic E-state index is 0.189. The molecule has 28 heavy (non-hydrogen) atoms. The van der Waals surface area contributed by atoms with E-state index in [4.69, 9.17) is 9.73 Å². The van der Waals surface area contributed by atoms with E-state index in [0.717, 1.165) is 51.4 Å². The van der Waals surface area contributed by atoms with Gasteiger partial charge in [0.15, 0.2) is 5.96 Å². The van der Waals surface area contributed by atoms with E-state index in [1.807, 2.05) is 6.92 Å². The summed E-state index contributed by atoms with van der Waals surface area (Å²) in [5.74, 6) is 0.910. The van der Waals surface area contributed by atoms with Gasteiger partial charge in [0.25, 0.3) is 0 Å². The van der Waals surface area contributed by atoms with Gasteiger partial charge in [-0.1, -0.05) is 12.8 Å². The number of hydrogen-bond acceptors (Lipinski definition) is 4. The fourth-order valence-corrected chi connectivity index (χ4v) is 3.93. The maximum Gasteiger partial charge on any atom is 0.409 e. The van der Waals surface area contributed by atoms with Crippen LogP contribution in [0.2, 0.25) is 0 Å². The van der Waals surface area contributed by atoms with E-state index in [0.29, 0.717) is 12.6 Å². The summed E-state index contributed by atoms with van der Waals surface area (Å²) in [7, 11) is 0. The maximum absolute atomic E-state index is 11.8. The fourth-order valence-electron chi connectivity index (χ4n) is 3.93. The van der Waals surface area contributed by atoms with E-state index in [9.17, 15) is 4.79 Å². The molecule has 0 spiro atoms. The molecule has 0 saturated carbocycles. The Morgan fingerprint density at radius 2 is 1.79 bits per heavy atom. The molecule has 0 aromatic carbocycles. The maximum atomic E-state index is 11.8. The van der Waals surface area contributed by atoms with Gasteiger partial charge in [0.1, 0.15) is 0 Å². The third-order valence-electron chi connectivity index (χ3n) is 5.56. The zero-order chi connectivity index (χ0) is 20.0. The van der Waals surface area contributed by atoms with Gasteiger partial charge >= 0.3 is 6.09 Å². The Morgan fingerprint density at radius 1 is 1.04 bits per heavy atom. The molecule has 0 aromatic rings. The predicted octanol–water partition coefficient (Wildman–Crippen LogP) is 2.82.